The van der Waals surface area contributed by atoms with Gasteiger partial charge in [0.05, 0.1) is 0 Å². The van der Waals surface area contributed by atoms with Crippen LogP contribution in [0.15, 0.2) is 12.1 Å². The number of hydrogen-bond donors (Lipinski definition) is 2. The first-order chi connectivity index (χ1) is 8.52. The van der Waals surface area contributed by atoms with E-state index in [0.29, 0.717) is 19.5 Å². The van der Waals surface area contributed by atoms with Crippen LogP contribution in [-0.4, -0.2) is 35.1 Å². The molecule has 0 aromatic carbocycles. The molecule has 0 spiro atoms. The second kappa shape index (κ2) is 4.91. The molecule has 1 aliphatic heterocycles. The van der Waals surface area contributed by atoms with Crippen molar-refractivity contribution in [2.75, 3.05) is 18.0 Å². The van der Waals surface area contributed by atoms with E-state index in [1.807, 2.05) is 0 Å². The summed E-state index contributed by atoms with van der Waals surface area (Å²) in [6.07, 6.45) is 0.309. The van der Waals surface area contributed by atoms with Crippen LogP contribution in [0.2, 0.25) is 5.15 Å². The Labute approximate surface area is 108 Å². The lowest BCUT2D eigenvalue weighted by Crippen LogP contribution is -2.28. The molecular weight excluding hydrogens is 258 g/mol. The highest BCUT2D eigenvalue weighted by Gasteiger charge is 2.33. The van der Waals surface area contributed by atoms with Crippen LogP contribution >= 0.6 is 11.6 Å². The van der Waals surface area contributed by atoms with Crippen molar-refractivity contribution < 1.29 is 14.7 Å². The van der Waals surface area contributed by atoms with Gasteiger partial charge in [-0.25, -0.2) is 9.78 Å². The van der Waals surface area contributed by atoms with Gasteiger partial charge in [0.1, 0.15) is 10.7 Å². The fraction of sp³-hybridized carbons (Fsp3) is 0.364. The second-order valence-corrected chi connectivity index (χ2v) is 4.51. The van der Waals surface area contributed by atoms with E-state index in [1.165, 1.54) is 17.0 Å². The van der Waals surface area contributed by atoms with Gasteiger partial charge in [0.25, 0.3) is 0 Å². The van der Waals surface area contributed by atoms with Crippen LogP contribution in [0.5, 0.6) is 0 Å². The maximum Gasteiger partial charge on any atom is 0.339 e. The van der Waals surface area contributed by atoms with Gasteiger partial charge in [0, 0.05) is 13.0 Å². The first-order valence-corrected chi connectivity index (χ1v) is 5.81. The summed E-state index contributed by atoms with van der Waals surface area (Å²) < 4.78 is 0. The van der Waals surface area contributed by atoms with Crippen molar-refractivity contribution in [1.29, 1.82) is 0 Å². The van der Waals surface area contributed by atoms with E-state index in [1.54, 1.807) is 0 Å². The molecule has 1 atom stereocenters. The number of hydrogen-bond acceptors (Lipinski definition) is 4. The highest BCUT2D eigenvalue weighted by atomic mass is 35.5. The predicted octanol–water partition coefficient (Wildman–Crippen LogP) is 0.745. The molecule has 1 amide bonds. The summed E-state index contributed by atoms with van der Waals surface area (Å²) >= 11 is 5.75. The van der Waals surface area contributed by atoms with E-state index >= 15 is 0 Å². The zero-order chi connectivity index (χ0) is 13.3. The van der Waals surface area contributed by atoms with Gasteiger partial charge in [0.15, 0.2) is 5.82 Å². The molecule has 1 fully saturated rings. The zero-order valence-corrected chi connectivity index (χ0v) is 10.2. The van der Waals surface area contributed by atoms with Crippen LogP contribution in [0.25, 0.3) is 0 Å². The quantitative estimate of drug-likeness (QED) is 0.789. The molecule has 0 saturated carbocycles. The summed E-state index contributed by atoms with van der Waals surface area (Å²) in [5.41, 5.74) is 5.49. The van der Waals surface area contributed by atoms with Crippen molar-refractivity contribution in [2.24, 2.45) is 11.7 Å². The SMILES string of the molecule is NCC1CC(=O)N(c2nc(Cl)ccc2C(=O)O)C1. The highest BCUT2D eigenvalue weighted by molar-refractivity contribution is 6.29. The van der Waals surface area contributed by atoms with Crippen LogP contribution in [0, 0.1) is 5.92 Å². The van der Waals surface area contributed by atoms with Crippen molar-refractivity contribution in [1.82, 2.24) is 4.98 Å². The van der Waals surface area contributed by atoms with Gasteiger partial charge in [-0.2, -0.15) is 0 Å². The molecule has 0 radical (unpaired) electrons. The summed E-state index contributed by atoms with van der Waals surface area (Å²) in [4.78, 5) is 28.2. The van der Waals surface area contributed by atoms with Crippen LogP contribution < -0.4 is 10.6 Å². The van der Waals surface area contributed by atoms with Gasteiger partial charge in [-0.15, -0.1) is 0 Å². The summed E-state index contributed by atoms with van der Waals surface area (Å²) in [5, 5.41) is 9.23. The van der Waals surface area contributed by atoms with E-state index in [4.69, 9.17) is 22.4 Å². The number of anilines is 1. The predicted molar refractivity (Wildman–Crippen MR) is 65.7 cm³/mol. The average molecular weight is 270 g/mol. The lowest BCUT2D eigenvalue weighted by atomic mass is 10.1. The molecule has 1 aromatic rings. The lowest BCUT2D eigenvalue weighted by Gasteiger charge is -2.17. The minimum Gasteiger partial charge on any atom is -0.478 e. The van der Waals surface area contributed by atoms with Crippen molar-refractivity contribution in [3.63, 3.8) is 0 Å². The number of nitrogens with two attached hydrogens (primary N) is 1. The molecule has 2 rings (SSSR count). The van der Waals surface area contributed by atoms with Gasteiger partial charge in [-0.3, -0.25) is 9.69 Å². The van der Waals surface area contributed by atoms with E-state index in [9.17, 15) is 9.59 Å². The summed E-state index contributed by atoms with van der Waals surface area (Å²) in [6, 6.07) is 2.73. The van der Waals surface area contributed by atoms with Crippen LogP contribution in [0.3, 0.4) is 0 Å². The summed E-state index contributed by atoms with van der Waals surface area (Å²) in [7, 11) is 0. The van der Waals surface area contributed by atoms with Gasteiger partial charge < -0.3 is 10.8 Å². The molecule has 0 bridgehead atoms. The Kier molecular flexibility index (Phi) is 3.49. The highest BCUT2D eigenvalue weighted by Crippen LogP contribution is 2.27. The topological polar surface area (TPSA) is 96.5 Å². The minimum atomic E-state index is -1.14. The Morgan fingerprint density at radius 2 is 2.33 bits per heavy atom. The Morgan fingerprint density at radius 3 is 2.89 bits per heavy atom. The first kappa shape index (κ1) is 12.8. The maximum atomic E-state index is 11.8. The molecule has 1 saturated heterocycles. The van der Waals surface area contributed by atoms with Crippen molar-refractivity contribution >= 4 is 29.3 Å². The smallest absolute Gasteiger partial charge is 0.339 e. The molecule has 0 aliphatic carbocycles. The number of carboxylic acid groups (broad SMARTS) is 1. The number of carboxylic acids is 1. The summed E-state index contributed by atoms with van der Waals surface area (Å²) in [5.74, 6) is -1.20. The van der Waals surface area contributed by atoms with Gasteiger partial charge >= 0.3 is 5.97 Å². The summed E-state index contributed by atoms with van der Waals surface area (Å²) in [6.45, 7) is 0.758. The van der Waals surface area contributed by atoms with Gasteiger partial charge in [-0.1, -0.05) is 11.6 Å². The number of pyridine rings is 1. The Balaban J connectivity index is 2.41. The number of carbonyl (C=O) groups excluding carboxylic acids is 1. The van der Waals surface area contributed by atoms with Crippen LogP contribution in [0.4, 0.5) is 5.82 Å². The Hall–Kier alpha value is -1.66. The third-order valence-corrected chi connectivity index (χ3v) is 3.08. The van der Waals surface area contributed by atoms with Crippen molar-refractivity contribution in [3.05, 3.63) is 22.8 Å². The Morgan fingerprint density at radius 1 is 1.61 bits per heavy atom. The lowest BCUT2D eigenvalue weighted by molar-refractivity contribution is -0.117. The molecule has 6 nitrogen and oxygen atoms in total. The normalized spacial score (nSPS) is 19.3. The molecule has 1 aromatic heterocycles. The van der Waals surface area contributed by atoms with E-state index in [0.717, 1.165) is 0 Å². The van der Waals surface area contributed by atoms with E-state index in [-0.39, 0.29) is 28.4 Å². The number of rotatable bonds is 3. The number of amides is 1. The molecule has 7 heteroatoms. The number of carbonyl (C=O) groups is 2. The fourth-order valence-corrected chi connectivity index (χ4v) is 2.09. The largest absolute Gasteiger partial charge is 0.478 e. The number of nitrogens with zero attached hydrogens (tertiary/aromatic N) is 2. The maximum absolute atomic E-state index is 11.8. The molecule has 1 aliphatic rings. The van der Waals surface area contributed by atoms with Crippen molar-refractivity contribution in [2.45, 2.75) is 6.42 Å². The molecule has 1 unspecified atom stereocenters. The van der Waals surface area contributed by atoms with E-state index < -0.39 is 5.97 Å². The van der Waals surface area contributed by atoms with Crippen LogP contribution in [0.1, 0.15) is 16.8 Å². The van der Waals surface area contributed by atoms with Gasteiger partial charge in [-0.05, 0) is 24.6 Å². The first-order valence-electron chi connectivity index (χ1n) is 5.43. The minimum absolute atomic E-state index is 0.0277. The standard InChI is InChI=1S/C11H12ClN3O3/c12-8-2-1-7(11(17)18)10(14-8)15-5-6(4-13)3-9(15)16/h1-2,6H,3-5,13H2,(H,17,18). The van der Waals surface area contributed by atoms with E-state index in [2.05, 4.69) is 4.98 Å². The number of aromatic carboxylic acids is 1. The number of aromatic nitrogens is 1. The zero-order valence-electron chi connectivity index (χ0n) is 9.47. The third kappa shape index (κ3) is 2.30. The molecule has 3 N–H and O–H groups in total. The van der Waals surface area contributed by atoms with Gasteiger partial charge in [0.2, 0.25) is 5.91 Å². The molecular formula is C11H12ClN3O3. The monoisotopic (exact) mass is 269 g/mol. The molecule has 2 heterocycles. The van der Waals surface area contributed by atoms with Crippen LogP contribution in [-0.2, 0) is 4.79 Å². The molecule has 96 valence electrons. The van der Waals surface area contributed by atoms with Crippen molar-refractivity contribution in [3.8, 4) is 0 Å². The average Bonchev–Trinajstić information content (AvgIpc) is 2.70. The Bertz CT molecular complexity index is 506. The fourth-order valence-electron chi connectivity index (χ4n) is 1.94. The second-order valence-electron chi connectivity index (χ2n) is 4.12. The third-order valence-electron chi connectivity index (χ3n) is 2.87. The number of halogens is 1. The molecule has 18 heavy (non-hydrogen) atoms.